The van der Waals surface area contributed by atoms with Crippen LogP contribution in [0.4, 0.5) is 5.82 Å². The quantitative estimate of drug-likeness (QED) is 0.800. The highest BCUT2D eigenvalue weighted by Crippen LogP contribution is 2.35. The summed E-state index contributed by atoms with van der Waals surface area (Å²) in [6.45, 7) is 4.75. The Bertz CT molecular complexity index is 866. The lowest BCUT2D eigenvalue weighted by atomic mass is 10.1. The fourth-order valence-corrected chi connectivity index (χ4v) is 3.28. The molecule has 0 N–H and O–H groups in total. The van der Waals surface area contributed by atoms with E-state index in [1.165, 1.54) is 4.90 Å². The third kappa shape index (κ3) is 2.83. The van der Waals surface area contributed by atoms with Crippen LogP contribution in [-0.2, 0) is 11.8 Å². The fourth-order valence-electron chi connectivity index (χ4n) is 3.28. The van der Waals surface area contributed by atoms with E-state index in [0.717, 1.165) is 17.1 Å². The Morgan fingerprint density at radius 2 is 1.88 bits per heavy atom. The maximum Gasteiger partial charge on any atom is 0.293 e. The smallest absolute Gasteiger partial charge is 0.293 e. The summed E-state index contributed by atoms with van der Waals surface area (Å²) in [5.41, 5.74) is 2.90. The number of hydrogen-bond acceptors (Lipinski definition) is 6. The number of carbonyl (C=O) groups excluding carboxylic acids is 2. The van der Waals surface area contributed by atoms with Crippen LogP contribution in [-0.4, -0.2) is 77.3 Å². The predicted octanol–water partition coefficient (Wildman–Crippen LogP) is 0.672. The normalized spacial score (nSPS) is 14.9. The van der Waals surface area contributed by atoms with Crippen molar-refractivity contribution in [1.29, 1.82) is 0 Å². The summed E-state index contributed by atoms with van der Waals surface area (Å²) in [5, 5.41) is 8.62. The molecule has 1 aliphatic heterocycles. The molecule has 0 spiro atoms. The number of aryl methyl sites for hydroxylation is 2. The van der Waals surface area contributed by atoms with Crippen molar-refractivity contribution < 1.29 is 14.1 Å². The van der Waals surface area contributed by atoms with Gasteiger partial charge in [-0.15, -0.1) is 0 Å². The van der Waals surface area contributed by atoms with Gasteiger partial charge in [-0.05, 0) is 13.8 Å². The van der Waals surface area contributed by atoms with Crippen LogP contribution in [0.15, 0.2) is 4.52 Å². The van der Waals surface area contributed by atoms with Crippen molar-refractivity contribution in [3.8, 4) is 11.3 Å². The standard InChI is InChI=1S/C17H24N6O3/c1-10-14(13-11(2)18-22(6)16(13)20(3)4)19-26-15(10)17(25)23-8-7-21(5)12(24)9-23/h7-9H2,1-6H3. The Hall–Kier alpha value is -2.84. The van der Waals surface area contributed by atoms with Crippen molar-refractivity contribution in [1.82, 2.24) is 24.7 Å². The summed E-state index contributed by atoms with van der Waals surface area (Å²) in [4.78, 5) is 29.8. The van der Waals surface area contributed by atoms with E-state index < -0.39 is 0 Å². The predicted molar refractivity (Wildman–Crippen MR) is 96.0 cm³/mol. The first-order chi connectivity index (χ1) is 12.2. The zero-order chi connectivity index (χ0) is 19.2. The minimum atomic E-state index is -0.310. The van der Waals surface area contributed by atoms with E-state index in [1.54, 1.807) is 16.6 Å². The molecule has 1 fully saturated rings. The van der Waals surface area contributed by atoms with E-state index in [1.807, 2.05) is 39.9 Å². The molecule has 0 aliphatic carbocycles. The SMILES string of the molecule is Cc1nn(C)c(N(C)C)c1-c1noc(C(=O)N2CCN(C)C(=O)C2)c1C. The van der Waals surface area contributed by atoms with E-state index in [2.05, 4.69) is 10.3 Å². The number of aromatic nitrogens is 3. The maximum absolute atomic E-state index is 12.8. The van der Waals surface area contributed by atoms with Gasteiger partial charge in [-0.3, -0.25) is 14.3 Å². The van der Waals surface area contributed by atoms with Gasteiger partial charge < -0.3 is 19.2 Å². The highest BCUT2D eigenvalue weighted by atomic mass is 16.5. The second-order valence-corrected chi connectivity index (χ2v) is 6.83. The minimum Gasteiger partial charge on any atom is -0.362 e. The molecule has 0 aromatic carbocycles. The molecular formula is C17H24N6O3. The first kappa shape index (κ1) is 18.0. The molecule has 2 aromatic rings. The van der Waals surface area contributed by atoms with E-state index >= 15 is 0 Å². The third-order valence-corrected chi connectivity index (χ3v) is 4.72. The van der Waals surface area contributed by atoms with Crippen LogP contribution < -0.4 is 4.90 Å². The average Bonchev–Trinajstić information content (AvgIpc) is 3.08. The average molecular weight is 360 g/mol. The number of piperazine rings is 1. The second-order valence-electron chi connectivity index (χ2n) is 6.83. The van der Waals surface area contributed by atoms with Crippen LogP contribution in [0.2, 0.25) is 0 Å². The van der Waals surface area contributed by atoms with E-state index in [-0.39, 0.29) is 24.1 Å². The monoisotopic (exact) mass is 360 g/mol. The largest absolute Gasteiger partial charge is 0.362 e. The molecule has 0 atom stereocenters. The lowest BCUT2D eigenvalue weighted by Crippen LogP contribution is -2.50. The molecule has 9 nitrogen and oxygen atoms in total. The number of amides is 2. The number of rotatable bonds is 3. The topological polar surface area (TPSA) is 87.7 Å². The van der Waals surface area contributed by atoms with E-state index in [9.17, 15) is 9.59 Å². The second kappa shape index (κ2) is 6.47. The summed E-state index contributed by atoms with van der Waals surface area (Å²) >= 11 is 0. The fraction of sp³-hybridized carbons (Fsp3) is 0.529. The third-order valence-electron chi connectivity index (χ3n) is 4.72. The molecule has 0 radical (unpaired) electrons. The molecule has 1 saturated heterocycles. The lowest BCUT2D eigenvalue weighted by Gasteiger charge is -2.31. The molecule has 26 heavy (non-hydrogen) atoms. The summed E-state index contributed by atoms with van der Waals surface area (Å²) in [5.74, 6) is 0.661. The molecule has 0 unspecified atom stereocenters. The molecule has 2 amide bonds. The van der Waals surface area contributed by atoms with Gasteiger partial charge in [0, 0.05) is 46.8 Å². The van der Waals surface area contributed by atoms with Gasteiger partial charge in [-0.1, -0.05) is 5.16 Å². The van der Waals surface area contributed by atoms with Crippen LogP contribution in [0.1, 0.15) is 21.8 Å². The van der Waals surface area contributed by atoms with Gasteiger partial charge in [0.2, 0.25) is 11.7 Å². The molecule has 3 heterocycles. The highest BCUT2D eigenvalue weighted by molar-refractivity contribution is 5.97. The number of hydrogen-bond donors (Lipinski definition) is 0. The van der Waals surface area contributed by atoms with Gasteiger partial charge in [-0.25, -0.2) is 0 Å². The van der Waals surface area contributed by atoms with Gasteiger partial charge in [0.05, 0.1) is 11.3 Å². The molecule has 9 heteroatoms. The molecule has 0 saturated carbocycles. The number of nitrogens with zero attached hydrogens (tertiary/aromatic N) is 6. The summed E-state index contributed by atoms with van der Waals surface area (Å²) in [6, 6.07) is 0. The van der Waals surface area contributed by atoms with Crippen LogP contribution >= 0.6 is 0 Å². The van der Waals surface area contributed by atoms with E-state index in [0.29, 0.717) is 24.3 Å². The molecule has 3 rings (SSSR count). The zero-order valence-corrected chi connectivity index (χ0v) is 16.0. The van der Waals surface area contributed by atoms with Crippen molar-refractivity contribution in [2.24, 2.45) is 7.05 Å². The first-order valence-corrected chi connectivity index (χ1v) is 8.43. The summed E-state index contributed by atoms with van der Waals surface area (Å²) in [6.07, 6.45) is 0. The van der Waals surface area contributed by atoms with Crippen LogP contribution in [0.5, 0.6) is 0 Å². The van der Waals surface area contributed by atoms with Crippen molar-refractivity contribution in [2.45, 2.75) is 13.8 Å². The van der Waals surface area contributed by atoms with Crippen molar-refractivity contribution in [3.05, 3.63) is 17.0 Å². The Labute approximate surface area is 152 Å². The Morgan fingerprint density at radius 3 is 2.50 bits per heavy atom. The summed E-state index contributed by atoms with van der Waals surface area (Å²) in [7, 11) is 7.45. The first-order valence-electron chi connectivity index (χ1n) is 8.43. The summed E-state index contributed by atoms with van der Waals surface area (Å²) < 4.78 is 7.18. The van der Waals surface area contributed by atoms with Crippen molar-refractivity contribution in [3.63, 3.8) is 0 Å². The number of anilines is 1. The zero-order valence-electron chi connectivity index (χ0n) is 16.0. The molecule has 1 aliphatic rings. The molecule has 2 aromatic heterocycles. The van der Waals surface area contributed by atoms with Crippen LogP contribution in [0, 0.1) is 13.8 Å². The Kier molecular flexibility index (Phi) is 4.47. The molecule has 140 valence electrons. The Morgan fingerprint density at radius 1 is 1.19 bits per heavy atom. The van der Waals surface area contributed by atoms with Crippen molar-refractivity contribution in [2.75, 3.05) is 45.7 Å². The van der Waals surface area contributed by atoms with E-state index in [4.69, 9.17) is 4.52 Å². The van der Waals surface area contributed by atoms with Gasteiger partial charge in [0.25, 0.3) is 5.91 Å². The lowest BCUT2D eigenvalue weighted by molar-refractivity contribution is -0.133. The van der Waals surface area contributed by atoms with Gasteiger partial charge >= 0.3 is 0 Å². The minimum absolute atomic E-state index is 0.0552. The Balaban J connectivity index is 1.97. The number of carbonyl (C=O) groups is 2. The van der Waals surface area contributed by atoms with Crippen LogP contribution in [0.3, 0.4) is 0 Å². The molecule has 0 bridgehead atoms. The van der Waals surface area contributed by atoms with Crippen LogP contribution in [0.25, 0.3) is 11.3 Å². The van der Waals surface area contributed by atoms with Gasteiger partial charge in [0.15, 0.2) is 0 Å². The number of likely N-dealkylation sites (N-methyl/N-ethyl adjacent to an activating group) is 1. The maximum atomic E-state index is 12.8. The van der Waals surface area contributed by atoms with Crippen molar-refractivity contribution >= 4 is 17.6 Å². The molecular weight excluding hydrogens is 336 g/mol. The van der Waals surface area contributed by atoms with Gasteiger partial charge in [-0.2, -0.15) is 5.10 Å². The highest BCUT2D eigenvalue weighted by Gasteiger charge is 2.31. The van der Waals surface area contributed by atoms with Gasteiger partial charge in [0.1, 0.15) is 18.1 Å².